The lowest BCUT2D eigenvalue weighted by Gasteiger charge is -2.25. The molecule has 0 bridgehead atoms. The smallest absolute Gasteiger partial charge is 0.250 e. The Bertz CT molecular complexity index is 1320. The Labute approximate surface area is 257 Å². The largest absolute Gasteiger partial charge is 0.506 e. The van der Waals surface area contributed by atoms with E-state index < -0.39 is 24.2 Å². The Morgan fingerprint density at radius 3 is 2.53 bits per heavy atom. The molecular formula is C35H48N4O4. The van der Waals surface area contributed by atoms with Crippen LogP contribution >= 0.6 is 0 Å². The number of carbonyl (C=O) groups excluding carboxylic acids is 2. The summed E-state index contributed by atoms with van der Waals surface area (Å²) in [7, 11) is 1.73. The first kappa shape index (κ1) is 35.3. The SMILES string of the molecule is CC=C(C#CC(NC(O)C(C)Cc1ccc(O)c(NC)c1)C(=O)NC(CCCCN=CCC)C(C)=O)c1ccccc1C. The van der Waals surface area contributed by atoms with Crippen molar-refractivity contribution >= 4 is 29.2 Å². The number of carbonyl (C=O) groups is 2. The topological polar surface area (TPSA) is 123 Å². The van der Waals surface area contributed by atoms with Crippen LogP contribution in [0.4, 0.5) is 5.69 Å². The number of benzene rings is 2. The maximum absolute atomic E-state index is 13.6. The van der Waals surface area contributed by atoms with Gasteiger partial charge >= 0.3 is 0 Å². The van der Waals surface area contributed by atoms with Gasteiger partial charge in [0.25, 0.3) is 0 Å². The number of nitrogens with one attached hydrogen (secondary N) is 3. The molecule has 4 atom stereocenters. The highest BCUT2D eigenvalue weighted by atomic mass is 16.3. The lowest BCUT2D eigenvalue weighted by Crippen LogP contribution is -2.53. The molecular weight excluding hydrogens is 540 g/mol. The highest BCUT2D eigenvalue weighted by Gasteiger charge is 2.26. The molecule has 1 amide bonds. The first-order valence-electron chi connectivity index (χ1n) is 15.1. The summed E-state index contributed by atoms with van der Waals surface area (Å²) in [5.41, 5.74) is 4.29. The first-order valence-corrected chi connectivity index (χ1v) is 15.1. The van der Waals surface area contributed by atoms with E-state index in [1.807, 2.05) is 70.3 Å². The Kier molecular flexibility index (Phi) is 15.2. The number of allylic oxidation sites excluding steroid dienone is 2. The standard InChI is InChI=1S/C35H48N4O4/c1-7-20-37-21-12-11-15-30(26(5)40)38-35(43)31(18-17-28(8-2)29-14-10-9-13-24(29)3)39-34(42)25(4)22-27-16-19-33(41)32(23-27)36-6/h8-10,13-14,16,19-20,23,25,30-31,34,36,39,41-42H,7,11-12,15,21-22H2,1-6H3,(H,38,43). The van der Waals surface area contributed by atoms with Crippen molar-refractivity contribution in [3.63, 3.8) is 0 Å². The molecule has 0 aliphatic heterocycles. The normalized spacial score (nSPS) is 14.3. The summed E-state index contributed by atoms with van der Waals surface area (Å²) >= 11 is 0. The number of Topliss-reactive ketones (excluding diaryl/α,β-unsaturated/α-hetero) is 1. The average Bonchev–Trinajstić information content (AvgIpc) is 2.99. The molecule has 0 aliphatic carbocycles. The molecule has 8 heteroatoms. The van der Waals surface area contributed by atoms with Gasteiger partial charge in [0.05, 0.1) is 11.7 Å². The number of ketones is 1. The Morgan fingerprint density at radius 2 is 1.88 bits per heavy atom. The quantitative estimate of drug-likeness (QED) is 0.0617. The molecule has 0 heterocycles. The molecule has 0 radical (unpaired) electrons. The van der Waals surface area contributed by atoms with Crippen LogP contribution in [0.1, 0.15) is 70.1 Å². The molecule has 4 unspecified atom stereocenters. The van der Waals surface area contributed by atoms with Gasteiger partial charge in [0.15, 0.2) is 11.8 Å². The molecule has 0 aromatic heterocycles. The lowest BCUT2D eigenvalue weighted by atomic mass is 9.98. The highest BCUT2D eigenvalue weighted by molar-refractivity contribution is 5.92. The third-order valence-corrected chi connectivity index (χ3v) is 7.25. The summed E-state index contributed by atoms with van der Waals surface area (Å²) in [5.74, 6) is 5.42. The zero-order valence-corrected chi connectivity index (χ0v) is 26.4. The zero-order valence-electron chi connectivity index (χ0n) is 26.4. The van der Waals surface area contributed by atoms with Crippen molar-refractivity contribution in [2.45, 2.75) is 85.0 Å². The minimum absolute atomic E-state index is 0.132. The van der Waals surface area contributed by atoms with E-state index in [2.05, 4.69) is 32.8 Å². The van der Waals surface area contributed by atoms with Crippen molar-refractivity contribution in [1.82, 2.24) is 10.6 Å². The molecule has 2 aromatic rings. The molecule has 0 saturated heterocycles. The molecule has 43 heavy (non-hydrogen) atoms. The zero-order chi connectivity index (χ0) is 31.8. The van der Waals surface area contributed by atoms with E-state index in [1.165, 1.54) is 6.92 Å². The van der Waals surface area contributed by atoms with E-state index in [9.17, 15) is 19.8 Å². The van der Waals surface area contributed by atoms with Crippen LogP contribution in [0.2, 0.25) is 0 Å². The lowest BCUT2D eigenvalue weighted by molar-refractivity contribution is -0.128. The molecule has 8 nitrogen and oxygen atoms in total. The molecule has 0 spiro atoms. The number of aromatic hydroxyl groups is 1. The van der Waals surface area contributed by atoms with Crippen LogP contribution in [-0.4, -0.2) is 60.0 Å². The van der Waals surface area contributed by atoms with Crippen molar-refractivity contribution in [2.75, 3.05) is 18.9 Å². The van der Waals surface area contributed by atoms with E-state index in [-0.39, 0.29) is 17.5 Å². The van der Waals surface area contributed by atoms with Gasteiger partial charge in [-0.3, -0.25) is 19.9 Å². The van der Waals surface area contributed by atoms with Gasteiger partial charge < -0.3 is 20.8 Å². The molecule has 2 aromatic carbocycles. The van der Waals surface area contributed by atoms with E-state index in [1.54, 1.807) is 19.2 Å². The minimum Gasteiger partial charge on any atom is -0.506 e. The van der Waals surface area contributed by atoms with Crippen LogP contribution in [0, 0.1) is 24.7 Å². The summed E-state index contributed by atoms with van der Waals surface area (Å²) in [6.07, 6.45) is 6.14. The van der Waals surface area contributed by atoms with Crippen LogP contribution in [-0.2, 0) is 16.0 Å². The predicted octanol–water partition coefficient (Wildman–Crippen LogP) is 5.03. The second-order valence-corrected chi connectivity index (χ2v) is 10.8. The van der Waals surface area contributed by atoms with Gasteiger partial charge in [0.2, 0.25) is 5.91 Å². The van der Waals surface area contributed by atoms with Crippen molar-refractivity contribution in [2.24, 2.45) is 10.9 Å². The molecule has 232 valence electrons. The number of unbranched alkanes of at least 4 members (excludes halogenated alkanes) is 1. The number of aliphatic imine (C=N–C) groups is 1. The van der Waals surface area contributed by atoms with E-state index in [4.69, 9.17) is 0 Å². The molecule has 0 aliphatic rings. The summed E-state index contributed by atoms with van der Waals surface area (Å²) in [6.45, 7) is 9.96. The van der Waals surface area contributed by atoms with Gasteiger partial charge in [0, 0.05) is 19.2 Å². The molecule has 0 fully saturated rings. The summed E-state index contributed by atoms with van der Waals surface area (Å²) in [5, 5.41) is 29.9. The minimum atomic E-state index is -1.07. The number of hydrogen-bond acceptors (Lipinski definition) is 7. The Morgan fingerprint density at radius 1 is 1.14 bits per heavy atom. The van der Waals surface area contributed by atoms with Gasteiger partial charge in [-0.1, -0.05) is 62.1 Å². The van der Waals surface area contributed by atoms with Crippen molar-refractivity contribution < 1.29 is 19.8 Å². The van der Waals surface area contributed by atoms with Gasteiger partial charge in [-0.05, 0) is 93.8 Å². The first-order chi connectivity index (χ1) is 20.6. The van der Waals surface area contributed by atoms with Gasteiger partial charge in [-0.15, -0.1) is 0 Å². The maximum Gasteiger partial charge on any atom is 0.250 e. The van der Waals surface area contributed by atoms with Gasteiger partial charge in [-0.2, -0.15) is 0 Å². The monoisotopic (exact) mass is 588 g/mol. The number of anilines is 1. The van der Waals surface area contributed by atoms with Crippen LogP contribution < -0.4 is 16.0 Å². The third-order valence-electron chi connectivity index (χ3n) is 7.25. The molecule has 0 saturated carbocycles. The number of phenolic OH excluding ortho intramolecular Hbond substituents is 1. The van der Waals surface area contributed by atoms with E-state index >= 15 is 0 Å². The number of aliphatic hydroxyl groups excluding tert-OH is 1. The summed E-state index contributed by atoms with van der Waals surface area (Å²) in [4.78, 5) is 30.3. The number of aliphatic hydroxyl groups is 1. The highest BCUT2D eigenvalue weighted by Crippen LogP contribution is 2.25. The fourth-order valence-electron chi connectivity index (χ4n) is 4.64. The third kappa shape index (κ3) is 11.7. The fraction of sp³-hybridized carbons (Fsp3) is 0.457. The number of phenols is 1. The van der Waals surface area contributed by atoms with Crippen molar-refractivity contribution in [3.8, 4) is 17.6 Å². The number of aryl methyl sites for hydroxylation is 1. The summed E-state index contributed by atoms with van der Waals surface area (Å²) < 4.78 is 0. The van der Waals surface area contributed by atoms with Crippen LogP contribution in [0.5, 0.6) is 5.75 Å². The van der Waals surface area contributed by atoms with Crippen LogP contribution in [0.15, 0.2) is 53.5 Å². The molecule has 5 N–H and O–H groups in total. The maximum atomic E-state index is 13.6. The van der Waals surface area contributed by atoms with Crippen LogP contribution in [0.25, 0.3) is 5.57 Å². The Hall–Kier alpha value is -3.93. The molecule has 2 rings (SSSR count). The van der Waals surface area contributed by atoms with Gasteiger partial charge in [-0.25, -0.2) is 0 Å². The van der Waals surface area contributed by atoms with Crippen LogP contribution in [0.3, 0.4) is 0 Å². The number of rotatable bonds is 16. The fourth-order valence-corrected chi connectivity index (χ4v) is 4.64. The second kappa shape index (κ2) is 18.6. The predicted molar refractivity (Wildman–Crippen MR) is 176 cm³/mol. The Balaban J connectivity index is 2.26. The van der Waals surface area contributed by atoms with Crippen molar-refractivity contribution in [1.29, 1.82) is 0 Å². The average molecular weight is 589 g/mol. The number of nitrogens with zero attached hydrogens (tertiary/aromatic N) is 1. The number of hydrogen-bond donors (Lipinski definition) is 5. The number of amides is 1. The summed E-state index contributed by atoms with van der Waals surface area (Å²) in [6, 6.07) is 11.4. The van der Waals surface area contributed by atoms with E-state index in [0.717, 1.165) is 41.5 Å². The van der Waals surface area contributed by atoms with Crippen molar-refractivity contribution in [3.05, 3.63) is 65.2 Å². The van der Waals surface area contributed by atoms with E-state index in [0.29, 0.717) is 25.1 Å². The second-order valence-electron chi connectivity index (χ2n) is 10.8. The van der Waals surface area contributed by atoms with Gasteiger partial charge in [0.1, 0.15) is 12.0 Å².